The van der Waals surface area contributed by atoms with Crippen molar-refractivity contribution >= 4 is 47.1 Å². The van der Waals surface area contributed by atoms with Gasteiger partial charge in [0, 0.05) is 17.3 Å². The third kappa shape index (κ3) is 8.13. The van der Waals surface area contributed by atoms with Gasteiger partial charge in [0.15, 0.2) is 0 Å². The van der Waals surface area contributed by atoms with E-state index in [0.29, 0.717) is 16.5 Å². The van der Waals surface area contributed by atoms with Crippen LogP contribution in [0.25, 0.3) is 0 Å². The van der Waals surface area contributed by atoms with Crippen molar-refractivity contribution in [1.82, 2.24) is 16.1 Å². The van der Waals surface area contributed by atoms with E-state index in [0.717, 1.165) is 11.1 Å². The number of nitrogens with one attached hydrogen (secondary N) is 4. The molecule has 1 heterocycles. The summed E-state index contributed by atoms with van der Waals surface area (Å²) in [6.07, 6.45) is 1.19. The van der Waals surface area contributed by atoms with E-state index in [1.54, 1.807) is 48.5 Å². The lowest BCUT2D eigenvalue weighted by molar-refractivity contribution is -0.139. The fourth-order valence-electron chi connectivity index (χ4n) is 2.70. The van der Waals surface area contributed by atoms with Crippen molar-refractivity contribution in [2.24, 2.45) is 5.10 Å². The molecule has 4 N–H and O–H groups in total. The molecule has 1 aromatic heterocycles. The highest BCUT2D eigenvalue weighted by Gasteiger charge is 2.14. The molecular formula is C24H22ClN5O5. The molecule has 0 fully saturated rings. The number of aryl methyl sites for hydroxylation is 1. The lowest BCUT2D eigenvalue weighted by Crippen LogP contribution is -2.37. The van der Waals surface area contributed by atoms with Gasteiger partial charge >= 0.3 is 23.6 Å². The number of hydrogen-bond acceptors (Lipinski definition) is 6. The Bertz CT molecular complexity index is 1240. The molecule has 3 rings (SSSR count). The zero-order valence-electron chi connectivity index (χ0n) is 18.6. The van der Waals surface area contributed by atoms with E-state index in [-0.39, 0.29) is 18.8 Å². The number of rotatable bonds is 7. The van der Waals surface area contributed by atoms with Gasteiger partial charge in [0.2, 0.25) is 0 Å². The lowest BCUT2D eigenvalue weighted by atomic mass is 10.2. The van der Waals surface area contributed by atoms with Crippen LogP contribution in [0.4, 0.5) is 5.69 Å². The van der Waals surface area contributed by atoms with E-state index in [1.165, 1.54) is 6.21 Å². The smallest absolute Gasteiger partial charge is 0.329 e. The molecule has 3 aromatic rings. The first-order valence-corrected chi connectivity index (χ1v) is 10.8. The van der Waals surface area contributed by atoms with Gasteiger partial charge in [0.05, 0.1) is 12.8 Å². The molecule has 0 spiro atoms. The molecule has 0 bridgehead atoms. The van der Waals surface area contributed by atoms with Crippen molar-refractivity contribution in [3.63, 3.8) is 0 Å². The Morgan fingerprint density at radius 3 is 2.20 bits per heavy atom. The van der Waals surface area contributed by atoms with E-state index in [4.69, 9.17) is 16.0 Å². The number of halogens is 1. The van der Waals surface area contributed by atoms with Gasteiger partial charge in [-0.05, 0) is 48.9 Å². The largest absolute Gasteiger partial charge is 0.458 e. The summed E-state index contributed by atoms with van der Waals surface area (Å²) in [5.74, 6) is -2.82. The highest BCUT2D eigenvalue weighted by Crippen LogP contribution is 2.10. The maximum absolute atomic E-state index is 12.0. The van der Waals surface area contributed by atoms with Gasteiger partial charge in [-0.1, -0.05) is 41.4 Å². The molecule has 10 nitrogen and oxygen atoms in total. The van der Waals surface area contributed by atoms with Gasteiger partial charge in [-0.25, -0.2) is 5.43 Å². The Morgan fingerprint density at radius 1 is 0.829 bits per heavy atom. The molecule has 0 unspecified atom stereocenters. The molecular weight excluding hydrogens is 474 g/mol. The van der Waals surface area contributed by atoms with Crippen LogP contribution in [-0.4, -0.2) is 29.8 Å². The zero-order valence-corrected chi connectivity index (χ0v) is 19.4. The second-order valence-electron chi connectivity index (χ2n) is 7.32. The first-order chi connectivity index (χ1) is 16.8. The molecule has 0 aliphatic heterocycles. The first-order valence-electron chi connectivity index (χ1n) is 10.4. The van der Waals surface area contributed by atoms with E-state index >= 15 is 0 Å². The molecule has 0 aliphatic rings. The van der Waals surface area contributed by atoms with E-state index in [2.05, 4.69) is 26.5 Å². The fraction of sp³-hybridized carbons (Fsp3) is 0.125. The Kier molecular flexibility index (Phi) is 8.74. The number of benzene rings is 2. The number of hydrogen-bond donors (Lipinski definition) is 4. The van der Waals surface area contributed by atoms with Gasteiger partial charge in [0.1, 0.15) is 11.5 Å². The van der Waals surface area contributed by atoms with E-state index < -0.39 is 23.6 Å². The van der Waals surface area contributed by atoms with Crippen LogP contribution in [0.1, 0.15) is 22.6 Å². The molecule has 180 valence electrons. The average Bonchev–Trinajstić information content (AvgIpc) is 3.31. The molecule has 0 saturated heterocycles. The quantitative estimate of drug-likeness (QED) is 0.226. The lowest BCUT2D eigenvalue weighted by Gasteiger charge is -2.05. The van der Waals surface area contributed by atoms with Gasteiger partial charge in [-0.15, -0.1) is 0 Å². The summed E-state index contributed by atoms with van der Waals surface area (Å²) in [7, 11) is 0. The van der Waals surface area contributed by atoms with Gasteiger partial charge in [0.25, 0.3) is 0 Å². The summed E-state index contributed by atoms with van der Waals surface area (Å²) in [6.45, 7) is 2.03. The van der Waals surface area contributed by atoms with Crippen molar-refractivity contribution in [2.75, 3.05) is 5.32 Å². The molecule has 0 radical (unpaired) electrons. The Hall–Kier alpha value is -4.44. The summed E-state index contributed by atoms with van der Waals surface area (Å²) in [5, 5.41) is 11.6. The van der Waals surface area contributed by atoms with Crippen molar-refractivity contribution < 1.29 is 23.6 Å². The Labute approximate surface area is 205 Å². The van der Waals surface area contributed by atoms with Gasteiger partial charge in [-0.3, -0.25) is 19.2 Å². The van der Waals surface area contributed by atoms with Crippen LogP contribution >= 0.6 is 11.6 Å². The number of furan rings is 1. The predicted octanol–water partition coefficient (Wildman–Crippen LogP) is 2.26. The van der Waals surface area contributed by atoms with Crippen LogP contribution < -0.4 is 21.4 Å². The highest BCUT2D eigenvalue weighted by atomic mass is 35.5. The molecule has 4 amide bonds. The van der Waals surface area contributed by atoms with Crippen LogP contribution in [0, 0.1) is 6.92 Å². The molecule has 0 aliphatic carbocycles. The molecule has 0 atom stereocenters. The number of carbonyl (C=O) groups is 4. The van der Waals surface area contributed by atoms with Crippen LogP contribution in [-0.2, 0) is 32.3 Å². The summed E-state index contributed by atoms with van der Waals surface area (Å²) >= 11 is 5.80. The summed E-state index contributed by atoms with van der Waals surface area (Å²) < 4.78 is 5.44. The third-order valence-corrected chi connectivity index (χ3v) is 4.80. The van der Waals surface area contributed by atoms with E-state index in [9.17, 15) is 19.2 Å². The standard InChI is InChI=1S/C24H22ClN5O5/c1-15-2-8-18(9-3-15)29-23(33)21(31)27-13-19-10-11-20(35-19)14-28-30-24(34)22(32)26-12-16-4-6-17(25)7-5-16/h2-11,14H,12-13H2,1H3,(H,26,32)(H,27,31)(H,29,33)(H,30,34)/b28-14+. The predicted molar refractivity (Wildman–Crippen MR) is 129 cm³/mol. The van der Waals surface area contributed by atoms with Crippen molar-refractivity contribution in [3.05, 3.63) is 88.3 Å². The minimum Gasteiger partial charge on any atom is -0.458 e. The second-order valence-corrected chi connectivity index (χ2v) is 7.75. The maximum atomic E-state index is 12.0. The minimum atomic E-state index is -0.950. The summed E-state index contributed by atoms with van der Waals surface area (Å²) in [5.41, 5.74) is 4.41. The highest BCUT2D eigenvalue weighted by molar-refractivity contribution is 6.39. The van der Waals surface area contributed by atoms with Crippen LogP contribution in [0.5, 0.6) is 0 Å². The molecule has 11 heteroatoms. The van der Waals surface area contributed by atoms with Crippen molar-refractivity contribution in [3.8, 4) is 0 Å². The van der Waals surface area contributed by atoms with Crippen LogP contribution in [0.3, 0.4) is 0 Å². The first kappa shape index (κ1) is 25.2. The van der Waals surface area contributed by atoms with Gasteiger partial charge < -0.3 is 20.4 Å². The Morgan fingerprint density at radius 2 is 1.49 bits per heavy atom. The monoisotopic (exact) mass is 495 g/mol. The maximum Gasteiger partial charge on any atom is 0.329 e. The van der Waals surface area contributed by atoms with Crippen LogP contribution in [0.15, 0.2) is 70.2 Å². The number of hydrazone groups is 1. The second kappa shape index (κ2) is 12.1. The van der Waals surface area contributed by atoms with Crippen molar-refractivity contribution in [1.29, 1.82) is 0 Å². The minimum absolute atomic E-state index is 0.0343. The number of carbonyl (C=O) groups excluding carboxylic acids is 4. The number of anilines is 1. The summed E-state index contributed by atoms with van der Waals surface area (Å²) in [4.78, 5) is 47.6. The average molecular weight is 496 g/mol. The third-order valence-electron chi connectivity index (χ3n) is 4.55. The molecule has 2 aromatic carbocycles. The summed E-state index contributed by atoms with van der Waals surface area (Å²) in [6, 6.07) is 16.9. The molecule has 35 heavy (non-hydrogen) atoms. The van der Waals surface area contributed by atoms with Gasteiger partial charge in [-0.2, -0.15) is 5.10 Å². The van der Waals surface area contributed by atoms with Crippen molar-refractivity contribution in [2.45, 2.75) is 20.0 Å². The zero-order chi connectivity index (χ0) is 25.2. The van der Waals surface area contributed by atoms with E-state index in [1.807, 2.05) is 19.1 Å². The normalized spacial score (nSPS) is 10.6. The Balaban J connectivity index is 1.39. The number of nitrogens with zero attached hydrogens (tertiary/aromatic N) is 1. The molecule has 0 saturated carbocycles. The fourth-order valence-corrected chi connectivity index (χ4v) is 2.83. The number of amides is 4. The topological polar surface area (TPSA) is 142 Å². The SMILES string of the molecule is Cc1ccc(NC(=O)C(=O)NCc2ccc(/C=N/NC(=O)C(=O)NCc3ccc(Cl)cc3)o2)cc1. The van der Waals surface area contributed by atoms with Crippen LogP contribution in [0.2, 0.25) is 5.02 Å².